The van der Waals surface area contributed by atoms with E-state index in [4.69, 9.17) is 23.2 Å². The zero-order chi connectivity index (χ0) is 18.0. The smallest absolute Gasteiger partial charge is 0.248 e. The van der Waals surface area contributed by atoms with E-state index in [0.717, 1.165) is 11.3 Å². The lowest BCUT2D eigenvalue weighted by Crippen LogP contribution is -2.15. The topological polar surface area (TPSA) is 49.6 Å². The van der Waals surface area contributed by atoms with Crippen LogP contribution in [0.2, 0.25) is 10.2 Å². The van der Waals surface area contributed by atoms with E-state index in [2.05, 4.69) is 10.3 Å². The Morgan fingerprint density at radius 1 is 1.20 bits per heavy atom. The Kier molecular flexibility index (Phi) is 4.97. The lowest BCUT2D eigenvalue weighted by atomic mass is 10.2. The first kappa shape index (κ1) is 17.3. The van der Waals surface area contributed by atoms with Crippen molar-refractivity contribution in [2.24, 2.45) is 0 Å². The van der Waals surface area contributed by atoms with Crippen molar-refractivity contribution in [3.8, 4) is 0 Å². The van der Waals surface area contributed by atoms with E-state index in [9.17, 15) is 4.79 Å². The Morgan fingerprint density at radius 2 is 2.00 bits per heavy atom. The fourth-order valence-corrected chi connectivity index (χ4v) is 3.12. The Morgan fingerprint density at radius 3 is 2.76 bits per heavy atom. The number of imidazole rings is 1. The summed E-state index contributed by atoms with van der Waals surface area (Å²) in [5, 5.41) is 3.74. The molecule has 3 aromatic rings. The van der Waals surface area contributed by atoms with Gasteiger partial charge in [0.1, 0.15) is 5.65 Å². The Hall–Kier alpha value is -2.50. The number of amides is 1. The molecule has 1 aromatic carbocycles. The summed E-state index contributed by atoms with van der Waals surface area (Å²) in [5.74, 6) is -0.285. The van der Waals surface area contributed by atoms with E-state index < -0.39 is 0 Å². The zero-order valence-corrected chi connectivity index (χ0v) is 15.2. The molecule has 0 saturated heterocycles. The number of hydrogen-bond acceptors (Lipinski definition) is 3. The van der Waals surface area contributed by atoms with Gasteiger partial charge in [-0.25, -0.2) is 4.98 Å². The molecule has 128 valence electrons. The molecule has 0 unspecified atom stereocenters. The standard InChI is InChI=1S/C18H16Cl2N4O/c1-23(2)17-12(19)6-5-7-13(17)21-16(25)10-9-14-18(20)22-15-8-3-4-11-24(14)15/h3-11H,1-2H3,(H,21,25)/b10-9+. The van der Waals surface area contributed by atoms with Crippen LogP contribution in [0.3, 0.4) is 0 Å². The summed E-state index contributed by atoms with van der Waals surface area (Å²) in [6, 6.07) is 11.0. The normalized spacial score (nSPS) is 11.2. The quantitative estimate of drug-likeness (QED) is 0.690. The van der Waals surface area contributed by atoms with E-state index in [0.29, 0.717) is 21.6 Å². The van der Waals surface area contributed by atoms with Crippen LogP contribution >= 0.6 is 23.2 Å². The number of pyridine rings is 1. The third-order valence-corrected chi connectivity index (χ3v) is 4.19. The van der Waals surface area contributed by atoms with E-state index in [1.54, 1.807) is 24.3 Å². The van der Waals surface area contributed by atoms with Gasteiger partial charge in [0, 0.05) is 26.4 Å². The molecule has 1 amide bonds. The molecular formula is C18H16Cl2N4O. The van der Waals surface area contributed by atoms with Crippen LogP contribution in [-0.2, 0) is 4.79 Å². The van der Waals surface area contributed by atoms with Crippen molar-refractivity contribution < 1.29 is 4.79 Å². The number of halogens is 2. The molecule has 25 heavy (non-hydrogen) atoms. The first-order valence-electron chi connectivity index (χ1n) is 7.55. The number of aromatic nitrogens is 2. The minimum absolute atomic E-state index is 0.285. The fourth-order valence-electron chi connectivity index (χ4n) is 2.53. The van der Waals surface area contributed by atoms with Gasteiger partial charge in [0.15, 0.2) is 5.15 Å². The summed E-state index contributed by atoms with van der Waals surface area (Å²) in [7, 11) is 3.73. The maximum atomic E-state index is 12.3. The molecule has 2 aromatic heterocycles. The molecular weight excluding hydrogens is 359 g/mol. The number of carbonyl (C=O) groups excluding carboxylic acids is 1. The van der Waals surface area contributed by atoms with E-state index >= 15 is 0 Å². The molecule has 0 fully saturated rings. The highest BCUT2D eigenvalue weighted by atomic mass is 35.5. The van der Waals surface area contributed by atoms with Gasteiger partial charge in [-0.15, -0.1) is 0 Å². The largest absolute Gasteiger partial charge is 0.375 e. The molecule has 0 bridgehead atoms. The van der Waals surface area contributed by atoms with Gasteiger partial charge in [-0.1, -0.05) is 35.3 Å². The highest BCUT2D eigenvalue weighted by Crippen LogP contribution is 2.32. The molecule has 0 spiro atoms. The van der Waals surface area contributed by atoms with Crippen LogP contribution < -0.4 is 10.2 Å². The number of anilines is 2. The lowest BCUT2D eigenvalue weighted by Gasteiger charge is -2.18. The summed E-state index contributed by atoms with van der Waals surface area (Å²) < 4.78 is 1.82. The number of rotatable bonds is 4. The maximum Gasteiger partial charge on any atom is 0.248 e. The molecule has 0 atom stereocenters. The highest BCUT2D eigenvalue weighted by Gasteiger charge is 2.11. The minimum Gasteiger partial charge on any atom is -0.375 e. The zero-order valence-electron chi connectivity index (χ0n) is 13.7. The molecule has 1 N–H and O–H groups in total. The molecule has 0 aliphatic carbocycles. The van der Waals surface area contributed by atoms with Gasteiger partial charge >= 0.3 is 0 Å². The maximum absolute atomic E-state index is 12.3. The number of nitrogens with zero attached hydrogens (tertiary/aromatic N) is 3. The Labute approximate surface area is 155 Å². The predicted octanol–water partition coefficient (Wildman–Crippen LogP) is 4.36. The van der Waals surface area contributed by atoms with Gasteiger partial charge in [-0.3, -0.25) is 9.20 Å². The van der Waals surface area contributed by atoms with Crippen molar-refractivity contribution in [2.45, 2.75) is 0 Å². The first-order valence-corrected chi connectivity index (χ1v) is 8.30. The summed E-state index contributed by atoms with van der Waals surface area (Å²) in [5.41, 5.74) is 2.75. The van der Waals surface area contributed by atoms with Crippen LogP contribution in [0.25, 0.3) is 11.7 Å². The van der Waals surface area contributed by atoms with Crippen LogP contribution in [0.15, 0.2) is 48.7 Å². The fraction of sp³-hybridized carbons (Fsp3) is 0.111. The molecule has 7 heteroatoms. The second-order valence-corrected chi connectivity index (χ2v) is 6.33. The van der Waals surface area contributed by atoms with Gasteiger partial charge in [-0.2, -0.15) is 0 Å². The average molecular weight is 375 g/mol. The Balaban J connectivity index is 1.85. The molecule has 0 saturated carbocycles. The van der Waals surface area contributed by atoms with Gasteiger partial charge in [0.05, 0.1) is 22.1 Å². The number of para-hydroxylation sites is 1. The average Bonchev–Trinajstić information content (AvgIpc) is 2.88. The number of nitrogens with one attached hydrogen (secondary N) is 1. The summed E-state index contributed by atoms with van der Waals surface area (Å²) in [6.07, 6.45) is 4.90. The van der Waals surface area contributed by atoms with Crippen LogP contribution in [0.5, 0.6) is 0 Å². The molecule has 0 radical (unpaired) electrons. The number of hydrogen-bond donors (Lipinski definition) is 1. The van der Waals surface area contributed by atoms with Crippen LogP contribution in [0.1, 0.15) is 5.69 Å². The van der Waals surface area contributed by atoms with Crippen molar-refractivity contribution >= 4 is 52.2 Å². The van der Waals surface area contributed by atoms with Crippen molar-refractivity contribution in [2.75, 3.05) is 24.3 Å². The molecule has 0 aliphatic rings. The molecule has 3 rings (SSSR count). The SMILES string of the molecule is CN(C)c1c(Cl)cccc1NC(=O)/C=C/c1c(Cl)nc2ccccn12. The number of benzene rings is 1. The van der Waals surface area contributed by atoms with Crippen LogP contribution in [0, 0.1) is 0 Å². The third-order valence-electron chi connectivity index (χ3n) is 3.61. The second-order valence-electron chi connectivity index (χ2n) is 5.57. The van der Waals surface area contributed by atoms with Crippen molar-refractivity contribution in [3.05, 3.63) is 64.5 Å². The van der Waals surface area contributed by atoms with Crippen molar-refractivity contribution in [1.29, 1.82) is 0 Å². The van der Waals surface area contributed by atoms with E-state index in [1.165, 1.54) is 6.08 Å². The van der Waals surface area contributed by atoms with Gasteiger partial charge in [0.2, 0.25) is 5.91 Å². The first-order chi connectivity index (χ1) is 12.0. The second kappa shape index (κ2) is 7.17. The minimum atomic E-state index is -0.285. The van der Waals surface area contributed by atoms with E-state index in [1.807, 2.05) is 47.8 Å². The van der Waals surface area contributed by atoms with Crippen molar-refractivity contribution in [3.63, 3.8) is 0 Å². The number of carbonyl (C=O) groups is 1. The van der Waals surface area contributed by atoms with Crippen LogP contribution in [0.4, 0.5) is 11.4 Å². The number of fused-ring (bicyclic) bond motifs is 1. The third kappa shape index (κ3) is 3.62. The van der Waals surface area contributed by atoms with Gasteiger partial charge in [0.25, 0.3) is 0 Å². The summed E-state index contributed by atoms with van der Waals surface area (Å²) >= 11 is 12.4. The monoisotopic (exact) mass is 374 g/mol. The molecule has 2 heterocycles. The Bertz CT molecular complexity index is 963. The predicted molar refractivity (Wildman–Crippen MR) is 104 cm³/mol. The molecule has 0 aliphatic heterocycles. The lowest BCUT2D eigenvalue weighted by molar-refractivity contribution is -0.111. The van der Waals surface area contributed by atoms with E-state index in [-0.39, 0.29) is 5.91 Å². The van der Waals surface area contributed by atoms with Crippen LogP contribution in [-0.4, -0.2) is 29.4 Å². The van der Waals surface area contributed by atoms with Gasteiger partial charge < -0.3 is 10.2 Å². The van der Waals surface area contributed by atoms with Gasteiger partial charge in [-0.05, 0) is 30.3 Å². The molecule has 5 nitrogen and oxygen atoms in total. The summed E-state index contributed by atoms with van der Waals surface area (Å²) in [4.78, 5) is 18.4. The van der Waals surface area contributed by atoms with Crippen molar-refractivity contribution in [1.82, 2.24) is 9.38 Å². The summed E-state index contributed by atoms with van der Waals surface area (Å²) in [6.45, 7) is 0. The highest BCUT2D eigenvalue weighted by molar-refractivity contribution is 6.34.